The van der Waals surface area contributed by atoms with Gasteiger partial charge in [0, 0.05) is 0 Å². The minimum atomic E-state index is 0.890. The standard InChI is InChI=1S/C11H22/c1-8(2)5-10(4)11-6-9(3)7-11/h8-11H,5-7H2,1-4H3. The Bertz CT molecular complexity index is 109. The molecule has 66 valence electrons. The van der Waals surface area contributed by atoms with E-state index in [1.54, 1.807) is 0 Å². The summed E-state index contributed by atoms with van der Waals surface area (Å²) in [5.41, 5.74) is 0. The molecular weight excluding hydrogens is 132 g/mol. The smallest absolute Gasteiger partial charge is 0.0383 e. The number of hydrogen-bond donors (Lipinski definition) is 0. The quantitative estimate of drug-likeness (QED) is 0.581. The first kappa shape index (κ1) is 9.09. The molecule has 0 heteroatoms. The van der Waals surface area contributed by atoms with E-state index < -0.39 is 0 Å². The molecule has 0 spiro atoms. The van der Waals surface area contributed by atoms with Crippen LogP contribution in [0.1, 0.15) is 47.0 Å². The molecule has 0 heterocycles. The highest BCUT2D eigenvalue weighted by Crippen LogP contribution is 2.40. The van der Waals surface area contributed by atoms with Crippen molar-refractivity contribution in [3.05, 3.63) is 0 Å². The fraction of sp³-hybridized carbons (Fsp3) is 1.00. The van der Waals surface area contributed by atoms with Crippen LogP contribution in [0.15, 0.2) is 0 Å². The second-order valence-corrected chi connectivity index (χ2v) is 4.94. The predicted molar refractivity (Wildman–Crippen MR) is 50.5 cm³/mol. The molecule has 11 heavy (non-hydrogen) atoms. The van der Waals surface area contributed by atoms with Crippen LogP contribution in [0.5, 0.6) is 0 Å². The molecule has 1 unspecified atom stereocenters. The summed E-state index contributed by atoms with van der Waals surface area (Å²) in [6, 6.07) is 0. The van der Waals surface area contributed by atoms with Crippen molar-refractivity contribution in [3.63, 3.8) is 0 Å². The maximum Gasteiger partial charge on any atom is -0.0383 e. The third kappa shape index (κ3) is 2.50. The summed E-state index contributed by atoms with van der Waals surface area (Å²) in [6.45, 7) is 9.46. The van der Waals surface area contributed by atoms with Gasteiger partial charge in [-0.05, 0) is 42.9 Å². The van der Waals surface area contributed by atoms with Gasteiger partial charge in [0.1, 0.15) is 0 Å². The van der Waals surface area contributed by atoms with Gasteiger partial charge < -0.3 is 0 Å². The summed E-state index contributed by atoms with van der Waals surface area (Å²) in [6.07, 6.45) is 4.42. The summed E-state index contributed by atoms with van der Waals surface area (Å²) in [4.78, 5) is 0. The van der Waals surface area contributed by atoms with Crippen molar-refractivity contribution in [2.24, 2.45) is 23.7 Å². The van der Waals surface area contributed by atoms with Crippen LogP contribution in [0.2, 0.25) is 0 Å². The van der Waals surface area contributed by atoms with E-state index in [2.05, 4.69) is 27.7 Å². The van der Waals surface area contributed by atoms with Gasteiger partial charge in [-0.15, -0.1) is 0 Å². The Morgan fingerprint density at radius 1 is 1.18 bits per heavy atom. The lowest BCUT2D eigenvalue weighted by Crippen LogP contribution is -2.27. The zero-order valence-electron chi connectivity index (χ0n) is 8.43. The van der Waals surface area contributed by atoms with Crippen molar-refractivity contribution in [1.82, 2.24) is 0 Å². The molecule has 1 fully saturated rings. The highest BCUT2D eigenvalue weighted by molar-refractivity contribution is 4.80. The maximum absolute atomic E-state index is 2.43. The third-order valence-corrected chi connectivity index (χ3v) is 3.06. The minimum absolute atomic E-state index is 0.890. The van der Waals surface area contributed by atoms with Crippen molar-refractivity contribution >= 4 is 0 Å². The monoisotopic (exact) mass is 154 g/mol. The molecule has 0 aromatic heterocycles. The average molecular weight is 154 g/mol. The Labute approximate surface area is 71.4 Å². The minimum Gasteiger partial charge on any atom is -0.0628 e. The molecule has 0 aromatic carbocycles. The molecule has 0 radical (unpaired) electrons. The zero-order chi connectivity index (χ0) is 8.43. The van der Waals surface area contributed by atoms with Crippen LogP contribution in [0.4, 0.5) is 0 Å². The van der Waals surface area contributed by atoms with Crippen LogP contribution in [0.3, 0.4) is 0 Å². The van der Waals surface area contributed by atoms with Crippen LogP contribution < -0.4 is 0 Å². The van der Waals surface area contributed by atoms with E-state index in [9.17, 15) is 0 Å². The zero-order valence-corrected chi connectivity index (χ0v) is 8.43. The van der Waals surface area contributed by atoms with Crippen molar-refractivity contribution in [1.29, 1.82) is 0 Å². The number of rotatable bonds is 3. The van der Waals surface area contributed by atoms with E-state index in [-0.39, 0.29) is 0 Å². The highest BCUT2D eigenvalue weighted by atomic mass is 14.3. The van der Waals surface area contributed by atoms with Gasteiger partial charge in [0.25, 0.3) is 0 Å². The maximum atomic E-state index is 2.43. The van der Waals surface area contributed by atoms with Crippen LogP contribution in [-0.2, 0) is 0 Å². The molecule has 0 bridgehead atoms. The fourth-order valence-electron chi connectivity index (χ4n) is 2.37. The van der Waals surface area contributed by atoms with Crippen molar-refractivity contribution < 1.29 is 0 Å². The lowest BCUT2D eigenvalue weighted by atomic mass is 9.68. The first-order chi connectivity index (χ1) is 5.09. The lowest BCUT2D eigenvalue weighted by molar-refractivity contribution is 0.132. The summed E-state index contributed by atoms with van der Waals surface area (Å²) >= 11 is 0. The average Bonchev–Trinajstić information content (AvgIpc) is 1.79. The van der Waals surface area contributed by atoms with E-state index in [0.29, 0.717) is 0 Å². The molecular formula is C11H22. The van der Waals surface area contributed by atoms with Gasteiger partial charge in [-0.3, -0.25) is 0 Å². The Hall–Kier alpha value is 0. The highest BCUT2D eigenvalue weighted by Gasteiger charge is 2.29. The summed E-state index contributed by atoms with van der Waals surface area (Å²) in [5.74, 6) is 3.95. The molecule has 0 nitrogen and oxygen atoms in total. The van der Waals surface area contributed by atoms with E-state index in [1.807, 2.05) is 0 Å². The number of hydrogen-bond acceptors (Lipinski definition) is 0. The molecule has 1 rings (SSSR count). The molecule has 0 amide bonds. The largest absolute Gasteiger partial charge is 0.0628 e. The van der Waals surface area contributed by atoms with Crippen LogP contribution in [-0.4, -0.2) is 0 Å². The normalized spacial score (nSPS) is 33.5. The lowest BCUT2D eigenvalue weighted by Gasteiger charge is -2.38. The van der Waals surface area contributed by atoms with Gasteiger partial charge >= 0.3 is 0 Å². The second-order valence-electron chi connectivity index (χ2n) is 4.94. The third-order valence-electron chi connectivity index (χ3n) is 3.06. The molecule has 1 aliphatic rings. The van der Waals surface area contributed by atoms with Crippen molar-refractivity contribution in [3.8, 4) is 0 Å². The molecule has 1 aliphatic carbocycles. The topological polar surface area (TPSA) is 0 Å². The Kier molecular flexibility index (Phi) is 2.98. The van der Waals surface area contributed by atoms with E-state index >= 15 is 0 Å². The van der Waals surface area contributed by atoms with Crippen LogP contribution in [0.25, 0.3) is 0 Å². The van der Waals surface area contributed by atoms with Gasteiger partial charge in [-0.2, -0.15) is 0 Å². The fourth-order valence-corrected chi connectivity index (χ4v) is 2.37. The van der Waals surface area contributed by atoms with Gasteiger partial charge in [0.05, 0.1) is 0 Å². The SMILES string of the molecule is CC(C)CC(C)C1CC(C)C1. The van der Waals surface area contributed by atoms with Gasteiger partial charge in [-0.25, -0.2) is 0 Å². The van der Waals surface area contributed by atoms with Gasteiger partial charge in [-0.1, -0.05) is 27.7 Å². The summed E-state index contributed by atoms with van der Waals surface area (Å²) in [7, 11) is 0. The van der Waals surface area contributed by atoms with Gasteiger partial charge in [0.15, 0.2) is 0 Å². The Balaban J connectivity index is 2.16. The van der Waals surface area contributed by atoms with Crippen LogP contribution >= 0.6 is 0 Å². The first-order valence-electron chi connectivity index (χ1n) is 5.09. The molecule has 1 atom stereocenters. The summed E-state index contributed by atoms with van der Waals surface area (Å²) < 4.78 is 0. The molecule has 0 aliphatic heterocycles. The van der Waals surface area contributed by atoms with Gasteiger partial charge in [0.2, 0.25) is 0 Å². The Morgan fingerprint density at radius 3 is 2.09 bits per heavy atom. The first-order valence-corrected chi connectivity index (χ1v) is 5.09. The van der Waals surface area contributed by atoms with E-state index in [1.165, 1.54) is 19.3 Å². The van der Waals surface area contributed by atoms with Crippen molar-refractivity contribution in [2.45, 2.75) is 47.0 Å². The second kappa shape index (κ2) is 3.60. The Morgan fingerprint density at radius 2 is 1.73 bits per heavy atom. The summed E-state index contributed by atoms with van der Waals surface area (Å²) in [5, 5.41) is 0. The van der Waals surface area contributed by atoms with E-state index in [0.717, 1.165) is 23.7 Å². The molecule has 0 N–H and O–H groups in total. The van der Waals surface area contributed by atoms with Crippen LogP contribution in [0, 0.1) is 23.7 Å². The van der Waals surface area contributed by atoms with Crippen molar-refractivity contribution in [2.75, 3.05) is 0 Å². The van der Waals surface area contributed by atoms with E-state index in [4.69, 9.17) is 0 Å². The molecule has 0 aromatic rings. The molecule has 0 saturated heterocycles. The predicted octanol–water partition coefficient (Wildman–Crippen LogP) is 3.71. The molecule has 1 saturated carbocycles.